The van der Waals surface area contributed by atoms with Gasteiger partial charge in [-0.1, -0.05) is 6.92 Å². The zero-order chi connectivity index (χ0) is 17.1. The molecule has 3 heterocycles. The summed E-state index contributed by atoms with van der Waals surface area (Å²) in [6, 6.07) is 0.288. The quantitative estimate of drug-likeness (QED) is 0.602. The van der Waals surface area contributed by atoms with E-state index in [1.165, 1.54) is 0 Å². The van der Waals surface area contributed by atoms with Crippen LogP contribution in [0.4, 0.5) is 0 Å². The van der Waals surface area contributed by atoms with E-state index in [0.29, 0.717) is 6.54 Å². The summed E-state index contributed by atoms with van der Waals surface area (Å²) in [5.41, 5.74) is 0. The monoisotopic (exact) mass is 331 g/mol. The first-order chi connectivity index (χ1) is 11.6. The van der Waals surface area contributed by atoms with Crippen LogP contribution >= 0.6 is 0 Å². The van der Waals surface area contributed by atoms with Crippen molar-refractivity contribution in [3.63, 3.8) is 0 Å². The van der Waals surface area contributed by atoms with Crippen molar-refractivity contribution in [2.24, 2.45) is 12.0 Å². The normalized spacial score (nSPS) is 17.7. The summed E-state index contributed by atoms with van der Waals surface area (Å²) in [7, 11) is 3.73. The van der Waals surface area contributed by atoms with Gasteiger partial charge in [0.1, 0.15) is 11.6 Å². The van der Waals surface area contributed by atoms with E-state index >= 15 is 0 Å². The number of nitrogens with zero attached hydrogens (tertiary/aromatic N) is 7. The van der Waals surface area contributed by atoms with Crippen LogP contribution in [-0.2, 0) is 33.0 Å². The highest BCUT2D eigenvalue weighted by Crippen LogP contribution is 2.13. The lowest BCUT2D eigenvalue weighted by Crippen LogP contribution is -2.47. The molecule has 3 rings (SSSR count). The number of aliphatic imine (C=N–C) groups is 1. The molecule has 24 heavy (non-hydrogen) atoms. The summed E-state index contributed by atoms with van der Waals surface area (Å²) in [5, 5.41) is 19.5. The van der Waals surface area contributed by atoms with Crippen LogP contribution in [0, 0.1) is 6.92 Å². The van der Waals surface area contributed by atoms with Crippen LogP contribution in [0.5, 0.6) is 0 Å². The largest absolute Gasteiger partial charge is 0.352 e. The summed E-state index contributed by atoms with van der Waals surface area (Å²) in [6.07, 6.45) is 2.83. The van der Waals surface area contributed by atoms with Crippen molar-refractivity contribution in [3.8, 4) is 0 Å². The van der Waals surface area contributed by atoms with E-state index in [4.69, 9.17) is 0 Å². The van der Waals surface area contributed by atoms with Crippen LogP contribution in [0.25, 0.3) is 0 Å². The SMILES string of the molecule is CCc1nc2n(n1)CC(NC(=NC)NCc1nnc(C)n1C)CC2. The van der Waals surface area contributed by atoms with Gasteiger partial charge in [-0.3, -0.25) is 4.99 Å². The standard InChI is InChI=1S/C15H25N9/c1-5-12-19-13-7-6-11(9-24(13)22-12)18-15(16-3)17-8-14-21-20-10(2)23(14)4/h11H,5-9H2,1-4H3,(H2,16,17,18). The van der Waals surface area contributed by atoms with Crippen molar-refractivity contribution in [2.45, 2.75) is 52.2 Å². The second kappa shape index (κ2) is 6.98. The third-order valence-electron chi connectivity index (χ3n) is 4.38. The van der Waals surface area contributed by atoms with E-state index in [2.05, 4.69) is 42.8 Å². The van der Waals surface area contributed by atoms with Crippen LogP contribution in [0.2, 0.25) is 0 Å². The van der Waals surface area contributed by atoms with Gasteiger partial charge in [-0.25, -0.2) is 9.67 Å². The molecule has 130 valence electrons. The predicted molar refractivity (Wildman–Crippen MR) is 90.6 cm³/mol. The number of rotatable bonds is 4. The van der Waals surface area contributed by atoms with Gasteiger partial charge >= 0.3 is 0 Å². The van der Waals surface area contributed by atoms with E-state index in [1.54, 1.807) is 7.05 Å². The summed E-state index contributed by atoms with van der Waals surface area (Å²) < 4.78 is 3.98. The van der Waals surface area contributed by atoms with Gasteiger partial charge < -0.3 is 15.2 Å². The van der Waals surface area contributed by atoms with Crippen molar-refractivity contribution < 1.29 is 0 Å². The molecule has 1 unspecified atom stereocenters. The number of guanidine groups is 1. The van der Waals surface area contributed by atoms with Gasteiger partial charge in [0.25, 0.3) is 0 Å². The number of fused-ring (bicyclic) bond motifs is 1. The molecule has 2 aromatic rings. The predicted octanol–water partition coefficient (Wildman–Crippen LogP) is -0.0426. The highest BCUT2D eigenvalue weighted by Gasteiger charge is 2.22. The zero-order valence-electron chi connectivity index (χ0n) is 14.7. The number of hydrogen-bond acceptors (Lipinski definition) is 5. The number of hydrogen-bond donors (Lipinski definition) is 2. The maximum Gasteiger partial charge on any atom is 0.191 e. The zero-order valence-corrected chi connectivity index (χ0v) is 14.7. The summed E-state index contributed by atoms with van der Waals surface area (Å²) in [5.74, 6) is 4.55. The Kier molecular flexibility index (Phi) is 4.77. The second-order valence-electron chi connectivity index (χ2n) is 6.01. The Bertz CT molecular complexity index is 727. The maximum absolute atomic E-state index is 4.55. The van der Waals surface area contributed by atoms with Crippen molar-refractivity contribution >= 4 is 5.96 Å². The second-order valence-corrected chi connectivity index (χ2v) is 6.01. The van der Waals surface area contributed by atoms with Crippen molar-refractivity contribution in [3.05, 3.63) is 23.3 Å². The molecule has 0 bridgehead atoms. The minimum atomic E-state index is 0.288. The molecule has 9 nitrogen and oxygen atoms in total. The Hall–Kier alpha value is -2.45. The molecule has 2 aromatic heterocycles. The maximum atomic E-state index is 4.55. The van der Waals surface area contributed by atoms with E-state index in [0.717, 1.165) is 55.1 Å². The lowest BCUT2D eigenvalue weighted by Gasteiger charge is -2.25. The fourth-order valence-corrected chi connectivity index (χ4v) is 2.78. The molecule has 0 spiro atoms. The Morgan fingerprint density at radius 3 is 2.88 bits per heavy atom. The molecule has 0 radical (unpaired) electrons. The lowest BCUT2D eigenvalue weighted by molar-refractivity contribution is 0.392. The fourth-order valence-electron chi connectivity index (χ4n) is 2.78. The molecule has 0 aliphatic carbocycles. The van der Waals surface area contributed by atoms with Crippen LogP contribution < -0.4 is 10.6 Å². The van der Waals surface area contributed by atoms with Gasteiger partial charge in [-0.15, -0.1) is 10.2 Å². The number of aromatic nitrogens is 6. The molecular weight excluding hydrogens is 306 g/mol. The highest BCUT2D eigenvalue weighted by atomic mass is 15.4. The summed E-state index contributed by atoms with van der Waals surface area (Å²) in [4.78, 5) is 8.85. The Morgan fingerprint density at radius 1 is 1.38 bits per heavy atom. The first kappa shape index (κ1) is 16.4. The first-order valence-corrected chi connectivity index (χ1v) is 8.35. The molecule has 1 aliphatic heterocycles. The molecule has 0 aromatic carbocycles. The summed E-state index contributed by atoms with van der Waals surface area (Å²) in [6.45, 7) is 5.41. The highest BCUT2D eigenvalue weighted by molar-refractivity contribution is 5.79. The smallest absolute Gasteiger partial charge is 0.191 e. The van der Waals surface area contributed by atoms with E-state index in [1.807, 2.05) is 23.2 Å². The van der Waals surface area contributed by atoms with Crippen molar-refractivity contribution in [2.75, 3.05) is 7.05 Å². The Labute approximate surface area is 141 Å². The molecule has 1 aliphatic rings. The molecule has 0 amide bonds. The van der Waals surface area contributed by atoms with Gasteiger partial charge in [-0.2, -0.15) is 5.10 Å². The lowest BCUT2D eigenvalue weighted by atomic mass is 10.1. The first-order valence-electron chi connectivity index (χ1n) is 8.35. The number of nitrogens with one attached hydrogen (secondary N) is 2. The van der Waals surface area contributed by atoms with Crippen molar-refractivity contribution in [1.82, 2.24) is 40.2 Å². The van der Waals surface area contributed by atoms with Gasteiger partial charge in [-0.05, 0) is 13.3 Å². The molecular formula is C15H25N9. The van der Waals surface area contributed by atoms with E-state index < -0.39 is 0 Å². The summed E-state index contributed by atoms with van der Waals surface area (Å²) >= 11 is 0. The Balaban J connectivity index is 1.57. The average molecular weight is 331 g/mol. The van der Waals surface area contributed by atoms with Crippen molar-refractivity contribution in [1.29, 1.82) is 0 Å². The van der Waals surface area contributed by atoms with Crippen LogP contribution in [0.1, 0.15) is 36.6 Å². The molecule has 2 N–H and O–H groups in total. The molecule has 0 saturated carbocycles. The van der Waals surface area contributed by atoms with E-state index in [-0.39, 0.29) is 6.04 Å². The third-order valence-corrected chi connectivity index (χ3v) is 4.38. The van der Waals surface area contributed by atoms with Gasteiger partial charge in [0, 0.05) is 33.0 Å². The molecule has 0 fully saturated rings. The average Bonchev–Trinajstić information content (AvgIpc) is 3.15. The molecule has 1 atom stereocenters. The van der Waals surface area contributed by atoms with Gasteiger partial charge in [0.2, 0.25) is 0 Å². The van der Waals surface area contributed by atoms with Crippen LogP contribution in [0.3, 0.4) is 0 Å². The molecule has 9 heteroatoms. The van der Waals surface area contributed by atoms with Gasteiger partial charge in [0.15, 0.2) is 17.6 Å². The third kappa shape index (κ3) is 3.39. The van der Waals surface area contributed by atoms with E-state index in [9.17, 15) is 0 Å². The molecule has 0 saturated heterocycles. The fraction of sp³-hybridized carbons (Fsp3) is 0.667. The van der Waals surface area contributed by atoms with Gasteiger partial charge in [0.05, 0.1) is 13.1 Å². The minimum Gasteiger partial charge on any atom is -0.352 e. The Morgan fingerprint density at radius 2 is 2.21 bits per heavy atom. The topological polar surface area (TPSA) is 97.8 Å². The minimum absolute atomic E-state index is 0.288. The van der Waals surface area contributed by atoms with Crippen LogP contribution in [0.15, 0.2) is 4.99 Å². The number of aryl methyl sites for hydroxylation is 3. The van der Waals surface area contributed by atoms with Crippen LogP contribution in [-0.4, -0.2) is 48.6 Å².